The fourth-order valence-electron chi connectivity index (χ4n) is 1.75. The molecule has 0 fully saturated rings. The maximum absolute atomic E-state index is 5.85. The van der Waals surface area contributed by atoms with E-state index < -0.39 is 0 Å². The normalized spacial score (nSPS) is 10.7. The lowest BCUT2D eigenvalue weighted by Crippen LogP contribution is -2.07. The van der Waals surface area contributed by atoms with Crippen LogP contribution in [0, 0.1) is 6.92 Å². The summed E-state index contributed by atoms with van der Waals surface area (Å²) in [5, 5.41) is 7.07. The van der Waals surface area contributed by atoms with Crippen LogP contribution < -0.4 is 15.8 Å². The van der Waals surface area contributed by atoms with Crippen LogP contribution >= 0.6 is 0 Å². The second-order valence-corrected chi connectivity index (χ2v) is 4.75. The van der Waals surface area contributed by atoms with E-state index >= 15 is 0 Å². The van der Waals surface area contributed by atoms with E-state index in [4.69, 9.17) is 15.0 Å². The van der Waals surface area contributed by atoms with E-state index in [1.807, 2.05) is 45.0 Å². The zero-order chi connectivity index (χ0) is 13.8. The molecule has 0 saturated carbocycles. The summed E-state index contributed by atoms with van der Waals surface area (Å²) >= 11 is 0. The van der Waals surface area contributed by atoms with Gasteiger partial charge in [-0.25, -0.2) is 0 Å². The zero-order valence-electron chi connectivity index (χ0n) is 11.4. The summed E-state index contributed by atoms with van der Waals surface area (Å²) in [6.45, 7) is 6.41. The molecule has 19 heavy (non-hydrogen) atoms. The van der Waals surface area contributed by atoms with Gasteiger partial charge in [-0.1, -0.05) is 5.16 Å². The van der Waals surface area contributed by atoms with Gasteiger partial charge in [0, 0.05) is 29.6 Å². The van der Waals surface area contributed by atoms with E-state index in [2.05, 4.69) is 10.5 Å². The Bertz CT molecular complexity index is 549. The molecule has 5 heteroatoms. The molecule has 0 amide bonds. The Balaban J connectivity index is 2.05. The van der Waals surface area contributed by atoms with Crippen molar-refractivity contribution in [2.45, 2.75) is 33.4 Å². The molecule has 0 aliphatic heterocycles. The average molecular weight is 261 g/mol. The minimum atomic E-state index is 0.117. The molecule has 1 heterocycles. The maximum Gasteiger partial charge on any atom is 0.156 e. The summed E-state index contributed by atoms with van der Waals surface area (Å²) in [7, 11) is 0. The van der Waals surface area contributed by atoms with Crippen molar-refractivity contribution in [2.75, 3.05) is 11.1 Å². The smallest absolute Gasteiger partial charge is 0.156 e. The Morgan fingerprint density at radius 1 is 1.32 bits per heavy atom. The summed E-state index contributed by atoms with van der Waals surface area (Å²) < 4.78 is 10.8. The number of ether oxygens (including phenoxy) is 1. The molecule has 0 atom stereocenters. The first-order valence-corrected chi connectivity index (χ1v) is 6.26. The highest BCUT2D eigenvalue weighted by Crippen LogP contribution is 2.24. The predicted molar refractivity (Wildman–Crippen MR) is 75.2 cm³/mol. The van der Waals surface area contributed by atoms with Crippen molar-refractivity contribution in [1.29, 1.82) is 0 Å². The molecule has 102 valence electrons. The molecular formula is C14H19N3O2. The highest BCUT2D eigenvalue weighted by Gasteiger charge is 2.04. The summed E-state index contributed by atoms with van der Waals surface area (Å²) in [6, 6.07) is 7.48. The SMILES string of the molecule is Cc1cc(CNc2cc(N)cc(OC(C)C)c2)on1. The Hall–Kier alpha value is -2.17. The van der Waals surface area contributed by atoms with E-state index in [0.29, 0.717) is 12.2 Å². The third-order valence-corrected chi connectivity index (χ3v) is 2.44. The first-order valence-electron chi connectivity index (χ1n) is 6.26. The fourth-order valence-corrected chi connectivity index (χ4v) is 1.75. The number of hydrogen-bond donors (Lipinski definition) is 2. The molecule has 0 radical (unpaired) electrons. The van der Waals surface area contributed by atoms with Crippen LogP contribution in [0.3, 0.4) is 0 Å². The minimum absolute atomic E-state index is 0.117. The van der Waals surface area contributed by atoms with Crippen LogP contribution in [0.15, 0.2) is 28.8 Å². The minimum Gasteiger partial charge on any atom is -0.491 e. The van der Waals surface area contributed by atoms with Crippen molar-refractivity contribution in [3.05, 3.63) is 35.7 Å². The van der Waals surface area contributed by atoms with Gasteiger partial charge in [-0.3, -0.25) is 0 Å². The lowest BCUT2D eigenvalue weighted by molar-refractivity contribution is 0.242. The molecular weight excluding hydrogens is 242 g/mol. The molecule has 2 rings (SSSR count). The van der Waals surface area contributed by atoms with Gasteiger partial charge >= 0.3 is 0 Å². The number of rotatable bonds is 5. The van der Waals surface area contributed by atoms with Gasteiger partial charge in [0.05, 0.1) is 18.3 Å². The molecule has 1 aromatic heterocycles. The first-order chi connectivity index (χ1) is 9.02. The number of nitrogens with two attached hydrogens (primary N) is 1. The highest BCUT2D eigenvalue weighted by atomic mass is 16.5. The number of benzene rings is 1. The largest absolute Gasteiger partial charge is 0.491 e. The Morgan fingerprint density at radius 3 is 2.74 bits per heavy atom. The quantitative estimate of drug-likeness (QED) is 0.809. The van der Waals surface area contributed by atoms with Crippen LogP contribution in [-0.4, -0.2) is 11.3 Å². The van der Waals surface area contributed by atoms with Gasteiger partial charge in [0.2, 0.25) is 0 Å². The van der Waals surface area contributed by atoms with Crippen molar-refractivity contribution >= 4 is 11.4 Å². The van der Waals surface area contributed by atoms with Crippen molar-refractivity contribution in [2.24, 2.45) is 0 Å². The number of aromatic nitrogens is 1. The number of nitrogens with zero attached hydrogens (tertiary/aromatic N) is 1. The molecule has 0 spiro atoms. The van der Waals surface area contributed by atoms with E-state index in [9.17, 15) is 0 Å². The molecule has 0 aliphatic carbocycles. The van der Waals surface area contributed by atoms with Crippen molar-refractivity contribution in [1.82, 2.24) is 5.16 Å². The third-order valence-electron chi connectivity index (χ3n) is 2.44. The molecule has 0 unspecified atom stereocenters. The number of anilines is 2. The van der Waals surface area contributed by atoms with E-state index in [1.54, 1.807) is 0 Å². The maximum atomic E-state index is 5.85. The van der Waals surface area contributed by atoms with Gasteiger partial charge in [0.15, 0.2) is 5.76 Å². The van der Waals surface area contributed by atoms with Crippen molar-refractivity contribution in [3.8, 4) is 5.75 Å². The number of hydrogen-bond acceptors (Lipinski definition) is 5. The molecule has 0 aliphatic rings. The Morgan fingerprint density at radius 2 is 2.11 bits per heavy atom. The van der Waals surface area contributed by atoms with Crippen LogP contribution in [0.5, 0.6) is 5.75 Å². The lowest BCUT2D eigenvalue weighted by Gasteiger charge is -2.12. The third kappa shape index (κ3) is 3.91. The van der Waals surface area contributed by atoms with E-state index in [0.717, 1.165) is 22.9 Å². The fraction of sp³-hybridized carbons (Fsp3) is 0.357. The van der Waals surface area contributed by atoms with Crippen LogP contribution in [0.2, 0.25) is 0 Å². The van der Waals surface area contributed by atoms with Gasteiger partial charge in [-0.2, -0.15) is 0 Å². The van der Waals surface area contributed by atoms with E-state index in [1.165, 1.54) is 0 Å². The highest BCUT2D eigenvalue weighted by molar-refractivity contribution is 5.59. The second kappa shape index (κ2) is 5.65. The molecule has 3 N–H and O–H groups in total. The number of aryl methyl sites for hydroxylation is 1. The van der Waals surface area contributed by atoms with Gasteiger partial charge < -0.3 is 20.3 Å². The standard InChI is InChI=1S/C14H19N3O2/c1-9(2)18-13-6-11(15)5-12(7-13)16-8-14-4-10(3)17-19-14/h4-7,9,16H,8,15H2,1-3H3. The predicted octanol–water partition coefficient (Wildman–Crippen LogP) is 2.96. The summed E-state index contributed by atoms with van der Waals surface area (Å²) in [5.74, 6) is 1.54. The lowest BCUT2D eigenvalue weighted by atomic mass is 10.2. The van der Waals surface area contributed by atoms with Gasteiger partial charge in [-0.15, -0.1) is 0 Å². The van der Waals surface area contributed by atoms with Crippen LogP contribution in [0.1, 0.15) is 25.3 Å². The molecule has 0 saturated heterocycles. The topological polar surface area (TPSA) is 73.3 Å². The number of nitrogen functional groups attached to an aromatic ring is 1. The van der Waals surface area contributed by atoms with Crippen LogP contribution in [-0.2, 0) is 6.54 Å². The van der Waals surface area contributed by atoms with Crippen molar-refractivity contribution < 1.29 is 9.26 Å². The van der Waals surface area contributed by atoms with Crippen LogP contribution in [0.4, 0.5) is 11.4 Å². The molecule has 1 aromatic carbocycles. The molecule has 0 bridgehead atoms. The summed E-state index contributed by atoms with van der Waals surface area (Å²) in [4.78, 5) is 0. The van der Waals surface area contributed by atoms with Crippen LogP contribution in [0.25, 0.3) is 0 Å². The average Bonchev–Trinajstić information content (AvgIpc) is 2.71. The molecule has 2 aromatic rings. The molecule has 5 nitrogen and oxygen atoms in total. The van der Waals surface area contributed by atoms with Gasteiger partial charge in [0.25, 0.3) is 0 Å². The van der Waals surface area contributed by atoms with Gasteiger partial charge in [0.1, 0.15) is 5.75 Å². The monoisotopic (exact) mass is 261 g/mol. The summed E-state index contributed by atoms with van der Waals surface area (Å²) in [5.41, 5.74) is 8.28. The van der Waals surface area contributed by atoms with Crippen molar-refractivity contribution in [3.63, 3.8) is 0 Å². The summed E-state index contributed by atoms with van der Waals surface area (Å²) in [6.07, 6.45) is 0.117. The first kappa shape index (κ1) is 13.3. The van der Waals surface area contributed by atoms with E-state index in [-0.39, 0.29) is 6.10 Å². The number of nitrogens with one attached hydrogen (secondary N) is 1. The second-order valence-electron chi connectivity index (χ2n) is 4.75. The van der Waals surface area contributed by atoms with Gasteiger partial charge in [-0.05, 0) is 26.8 Å². The zero-order valence-corrected chi connectivity index (χ0v) is 11.4. The Labute approximate surface area is 112 Å². The Kier molecular flexibility index (Phi) is 3.94.